The van der Waals surface area contributed by atoms with Crippen LogP contribution in [0, 0.1) is 5.92 Å². The van der Waals surface area contributed by atoms with E-state index in [-0.39, 0.29) is 17.5 Å². The molecular formula is C14H16O2. The van der Waals surface area contributed by atoms with E-state index in [1.165, 1.54) is 6.42 Å². The van der Waals surface area contributed by atoms with Crippen LogP contribution in [0.15, 0.2) is 30.3 Å². The van der Waals surface area contributed by atoms with E-state index in [0.29, 0.717) is 5.56 Å². The first-order valence-corrected chi connectivity index (χ1v) is 5.92. The summed E-state index contributed by atoms with van der Waals surface area (Å²) in [5.41, 5.74) is 0.526. The molecule has 2 rings (SSSR count). The van der Waals surface area contributed by atoms with E-state index >= 15 is 0 Å². The molecule has 0 heterocycles. The summed E-state index contributed by atoms with van der Waals surface area (Å²) in [7, 11) is 0. The van der Waals surface area contributed by atoms with Gasteiger partial charge in [-0.15, -0.1) is 0 Å². The Morgan fingerprint density at radius 1 is 0.938 bits per heavy atom. The Bertz CT molecular complexity index is 375. The van der Waals surface area contributed by atoms with E-state index in [0.717, 1.165) is 25.7 Å². The highest BCUT2D eigenvalue weighted by Crippen LogP contribution is 2.25. The van der Waals surface area contributed by atoms with Crippen molar-refractivity contribution in [2.24, 2.45) is 5.92 Å². The highest BCUT2D eigenvalue weighted by molar-refractivity contribution is 6.44. The average molecular weight is 216 g/mol. The molecule has 0 unspecified atom stereocenters. The molecule has 1 aliphatic rings. The fraction of sp³-hybridized carbons (Fsp3) is 0.429. The molecule has 1 fully saturated rings. The SMILES string of the molecule is O=C(C(=O)C1CCCCC1)c1ccccc1. The molecule has 0 radical (unpaired) electrons. The monoisotopic (exact) mass is 216 g/mol. The van der Waals surface area contributed by atoms with Crippen molar-refractivity contribution < 1.29 is 9.59 Å². The molecule has 16 heavy (non-hydrogen) atoms. The Kier molecular flexibility index (Phi) is 3.50. The van der Waals surface area contributed by atoms with Gasteiger partial charge >= 0.3 is 0 Å². The standard InChI is InChI=1S/C14H16O2/c15-13(11-7-3-1-4-8-11)14(16)12-9-5-2-6-10-12/h1,3-4,7-8,12H,2,5-6,9-10H2. The van der Waals surface area contributed by atoms with E-state index in [1.807, 2.05) is 6.07 Å². The van der Waals surface area contributed by atoms with Crippen LogP contribution in [-0.4, -0.2) is 11.6 Å². The van der Waals surface area contributed by atoms with Crippen molar-refractivity contribution in [3.63, 3.8) is 0 Å². The Balaban J connectivity index is 2.07. The van der Waals surface area contributed by atoms with Crippen LogP contribution in [0.5, 0.6) is 0 Å². The van der Waals surface area contributed by atoms with E-state index in [2.05, 4.69) is 0 Å². The van der Waals surface area contributed by atoms with Crippen LogP contribution in [0.3, 0.4) is 0 Å². The second-order valence-corrected chi connectivity index (χ2v) is 4.39. The van der Waals surface area contributed by atoms with Gasteiger partial charge in [0, 0.05) is 11.5 Å². The molecule has 0 amide bonds. The van der Waals surface area contributed by atoms with Crippen LogP contribution in [0.25, 0.3) is 0 Å². The first-order chi connectivity index (χ1) is 7.79. The molecule has 0 spiro atoms. The molecule has 0 bridgehead atoms. The van der Waals surface area contributed by atoms with Crippen LogP contribution >= 0.6 is 0 Å². The number of hydrogen-bond donors (Lipinski definition) is 0. The van der Waals surface area contributed by atoms with Crippen LogP contribution in [0.1, 0.15) is 42.5 Å². The minimum Gasteiger partial charge on any atom is -0.290 e. The van der Waals surface area contributed by atoms with Crippen molar-refractivity contribution in [1.82, 2.24) is 0 Å². The Labute approximate surface area is 95.7 Å². The summed E-state index contributed by atoms with van der Waals surface area (Å²) in [6.45, 7) is 0. The van der Waals surface area contributed by atoms with Gasteiger partial charge in [-0.25, -0.2) is 0 Å². The lowest BCUT2D eigenvalue weighted by atomic mass is 9.84. The fourth-order valence-corrected chi connectivity index (χ4v) is 2.28. The third-order valence-electron chi connectivity index (χ3n) is 3.24. The number of carbonyl (C=O) groups is 2. The zero-order valence-electron chi connectivity index (χ0n) is 9.32. The van der Waals surface area contributed by atoms with Crippen molar-refractivity contribution in [3.05, 3.63) is 35.9 Å². The quantitative estimate of drug-likeness (QED) is 0.575. The van der Waals surface area contributed by atoms with Crippen molar-refractivity contribution in [2.45, 2.75) is 32.1 Å². The average Bonchev–Trinajstić information content (AvgIpc) is 2.39. The zero-order valence-corrected chi connectivity index (χ0v) is 9.32. The Hall–Kier alpha value is -1.44. The lowest BCUT2D eigenvalue weighted by Crippen LogP contribution is -2.25. The molecule has 1 aromatic carbocycles. The molecule has 0 aromatic heterocycles. The third-order valence-corrected chi connectivity index (χ3v) is 3.24. The zero-order chi connectivity index (χ0) is 11.4. The van der Waals surface area contributed by atoms with Gasteiger partial charge in [0.1, 0.15) is 0 Å². The van der Waals surface area contributed by atoms with E-state index in [9.17, 15) is 9.59 Å². The lowest BCUT2D eigenvalue weighted by Gasteiger charge is -2.19. The van der Waals surface area contributed by atoms with E-state index in [1.54, 1.807) is 24.3 Å². The first kappa shape index (κ1) is 11.1. The van der Waals surface area contributed by atoms with Crippen LogP contribution in [0.2, 0.25) is 0 Å². The Morgan fingerprint density at radius 2 is 1.56 bits per heavy atom. The van der Waals surface area contributed by atoms with Gasteiger partial charge in [0.2, 0.25) is 11.6 Å². The molecule has 1 aliphatic carbocycles. The van der Waals surface area contributed by atoms with Crippen molar-refractivity contribution in [1.29, 1.82) is 0 Å². The second-order valence-electron chi connectivity index (χ2n) is 4.39. The summed E-state index contributed by atoms with van der Waals surface area (Å²) < 4.78 is 0. The minimum absolute atomic E-state index is 0.0264. The molecule has 1 aromatic rings. The summed E-state index contributed by atoms with van der Waals surface area (Å²) in [5.74, 6) is -0.528. The lowest BCUT2D eigenvalue weighted by molar-refractivity contribution is -0.119. The Morgan fingerprint density at radius 3 is 2.19 bits per heavy atom. The summed E-state index contributed by atoms with van der Waals surface area (Å²) in [4.78, 5) is 23.8. The maximum Gasteiger partial charge on any atom is 0.228 e. The van der Waals surface area contributed by atoms with Gasteiger partial charge in [-0.3, -0.25) is 9.59 Å². The molecule has 2 nitrogen and oxygen atoms in total. The predicted octanol–water partition coefficient (Wildman–Crippen LogP) is 3.02. The first-order valence-electron chi connectivity index (χ1n) is 5.92. The van der Waals surface area contributed by atoms with Crippen LogP contribution in [-0.2, 0) is 4.79 Å². The number of Topliss-reactive ketones (excluding diaryl/α,β-unsaturated/α-hetero) is 2. The van der Waals surface area contributed by atoms with Crippen molar-refractivity contribution in [2.75, 3.05) is 0 Å². The topological polar surface area (TPSA) is 34.1 Å². The normalized spacial score (nSPS) is 17.0. The second kappa shape index (κ2) is 5.06. The highest BCUT2D eigenvalue weighted by atomic mass is 16.2. The van der Waals surface area contributed by atoms with E-state index < -0.39 is 0 Å². The summed E-state index contributed by atoms with van der Waals surface area (Å²) in [6.07, 6.45) is 5.13. The minimum atomic E-state index is -0.312. The van der Waals surface area contributed by atoms with Gasteiger partial charge in [0.25, 0.3) is 0 Å². The smallest absolute Gasteiger partial charge is 0.228 e. The molecular weight excluding hydrogens is 200 g/mol. The van der Waals surface area contributed by atoms with Gasteiger partial charge in [-0.1, -0.05) is 49.6 Å². The van der Waals surface area contributed by atoms with Crippen LogP contribution < -0.4 is 0 Å². The number of hydrogen-bond acceptors (Lipinski definition) is 2. The molecule has 84 valence electrons. The number of benzene rings is 1. The fourth-order valence-electron chi connectivity index (χ4n) is 2.28. The summed E-state index contributed by atoms with van der Waals surface area (Å²) >= 11 is 0. The van der Waals surface area contributed by atoms with Crippen LogP contribution in [0.4, 0.5) is 0 Å². The molecule has 0 N–H and O–H groups in total. The maximum atomic E-state index is 11.9. The van der Waals surface area contributed by atoms with Gasteiger partial charge in [-0.05, 0) is 12.8 Å². The third kappa shape index (κ3) is 2.38. The number of ketones is 2. The molecule has 0 aliphatic heterocycles. The van der Waals surface area contributed by atoms with E-state index in [4.69, 9.17) is 0 Å². The van der Waals surface area contributed by atoms with Crippen molar-refractivity contribution >= 4 is 11.6 Å². The summed E-state index contributed by atoms with van der Waals surface area (Å²) in [5, 5.41) is 0. The molecule has 0 saturated heterocycles. The highest BCUT2D eigenvalue weighted by Gasteiger charge is 2.27. The van der Waals surface area contributed by atoms with Crippen molar-refractivity contribution in [3.8, 4) is 0 Å². The van der Waals surface area contributed by atoms with Gasteiger partial charge < -0.3 is 0 Å². The predicted molar refractivity (Wildman–Crippen MR) is 62.4 cm³/mol. The van der Waals surface area contributed by atoms with Gasteiger partial charge in [0.15, 0.2) is 0 Å². The largest absolute Gasteiger partial charge is 0.290 e. The summed E-state index contributed by atoms with van der Waals surface area (Å²) in [6, 6.07) is 8.86. The van der Waals surface area contributed by atoms with Gasteiger partial charge in [-0.2, -0.15) is 0 Å². The number of carbonyl (C=O) groups excluding carboxylic acids is 2. The molecule has 1 saturated carbocycles. The molecule has 0 atom stereocenters. The van der Waals surface area contributed by atoms with Gasteiger partial charge in [0.05, 0.1) is 0 Å². The number of rotatable bonds is 3. The maximum absolute atomic E-state index is 11.9. The molecule has 2 heteroatoms.